The van der Waals surface area contributed by atoms with Crippen LogP contribution >= 0.6 is 15.9 Å². The summed E-state index contributed by atoms with van der Waals surface area (Å²) in [5, 5.41) is 7.22. The van der Waals surface area contributed by atoms with Crippen LogP contribution in [-0.2, 0) is 0 Å². The maximum absolute atomic E-state index is 4.26. The van der Waals surface area contributed by atoms with Gasteiger partial charge in [-0.2, -0.15) is 5.10 Å². The molecule has 1 heterocycles. The molecule has 0 amide bonds. The summed E-state index contributed by atoms with van der Waals surface area (Å²) in [7, 11) is 0. The molecule has 3 heteroatoms. The third kappa shape index (κ3) is 1.97. The zero-order chi connectivity index (χ0) is 11.0. The van der Waals surface area contributed by atoms with Crippen molar-refractivity contribution in [2.45, 2.75) is 20.8 Å². The fraction of sp³-hybridized carbons (Fsp3) is 0.250. The molecule has 15 heavy (non-hydrogen) atoms. The van der Waals surface area contributed by atoms with Gasteiger partial charge in [-0.05, 0) is 50.1 Å². The Morgan fingerprint density at radius 1 is 1.07 bits per heavy atom. The standard InChI is InChI=1S/C12H13BrN2/c1-7-4-10(5-8(2)12(7)13)11-6-9(3)14-15-11/h4-6H,1-3H3,(H,14,15). The molecule has 0 fully saturated rings. The van der Waals surface area contributed by atoms with E-state index in [0.717, 1.165) is 17.0 Å². The quantitative estimate of drug-likeness (QED) is 0.835. The Labute approximate surface area is 97.8 Å². The molecule has 0 aliphatic rings. The van der Waals surface area contributed by atoms with Gasteiger partial charge in [0.15, 0.2) is 0 Å². The number of nitrogens with zero attached hydrogens (tertiary/aromatic N) is 1. The monoisotopic (exact) mass is 264 g/mol. The second kappa shape index (κ2) is 3.81. The van der Waals surface area contributed by atoms with Crippen LogP contribution in [0.3, 0.4) is 0 Å². The van der Waals surface area contributed by atoms with Crippen molar-refractivity contribution in [2.24, 2.45) is 0 Å². The molecule has 0 radical (unpaired) electrons. The molecular formula is C12H13BrN2. The third-order valence-electron chi connectivity index (χ3n) is 2.44. The molecule has 0 unspecified atom stereocenters. The molecule has 1 aromatic heterocycles. The molecule has 0 saturated heterocycles. The van der Waals surface area contributed by atoms with E-state index >= 15 is 0 Å². The molecule has 2 nitrogen and oxygen atoms in total. The number of halogens is 1. The van der Waals surface area contributed by atoms with Gasteiger partial charge in [0.2, 0.25) is 0 Å². The molecule has 0 saturated carbocycles. The maximum Gasteiger partial charge on any atom is 0.0923 e. The van der Waals surface area contributed by atoms with Crippen LogP contribution in [0, 0.1) is 20.8 Å². The normalized spacial score (nSPS) is 10.7. The Morgan fingerprint density at radius 2 is 1.67 bits per heavy atom. The van der Waals surface area contributed by atoms with E-state index in [0.29, 0.717) is 0 Å². The van der Waals surface area contributed by atoms with E-state index in [1.807, 2.05) is 6.92 Å². The molecule has 0 aliphatic heterocycles. The van der Waals surface area contributed by atoms with E-state index in [1.54, 1.807) is 0 Å². The highest BCUT2D eigenvalue weighted by Gasteiger charge is 2.06. The number of nitrogens with one attached hydrogen (secondary N) is 1. The maximum atomic E-state index is 4.26. The average molecular weight is 265 g/mol. The summed E-state index contributed by atoms with van der Waals surface area (Å²) in [5.41, 5.74) is 5.74. The number of aromatic amines is 1. The average Bonchev–Trinajstić information content (AvgIpc) is 2.60. The number of aryl methyl sites for hydroxylation is 3. The molecule has 78 valence electrons. The van der Waals surface area contributed by atoms with E-state index in [9.17, 15) is 0 Å². The fourth-order valence-electron chi connectivity index (χ4n) is 1.66. The molecule has 0 atom stereocenters. The van der Waals surface area contributed by atoms with Crippen LogP contribution < -0.4 is 0 Å². The highest BCUT2D eigenvalue weighted by atomic mass is 79.9. The van der Waals surface area contributed by atoms with E-state index in [2.05, 4.69) is 58.2 Å². The van der Waals surface area contributed by atoms with Crippen LogP contribution in [0.25, 0.3) is 11.3 Å². The SMILES string of the molecule is Cc1cc(-c2cc(C)c(Br)c(C)c2)n[nH]1. The zero-order valence-corrected chi connectivity index (χ0v) is 10.6. The molecular weight excluding hydrogens is 252 g/mol. The van der Waals surface area contributed by atoms with Crippen molar-refractivity contribution in [3.05, 3.63) is 39.5 Å². The zero-order valence-electron chi connectivity index (χ0n) is 9.06. The Kier molecular flexibility index (Phi) is 2.65. The van der Waals surface area contributed by atoms with E-state index in [4.69, 9.17) is 0 Å². The van der Waals surface area contributed by atoms with E-state index in [-0.39, 0.29) is 0 Å². The van der Waals surface area contributed by atoms with Gasteiger partial charge >= 0.3 is 0 Å². The minimum absolute atomic E-state index is 1.01. The van der Waals surface area contributed by atoms with Crippen molar-refractivity contribution in [3.63, 3.8) is 0 Å². The molecule has 0 aliphatic carbocycles. The van der Waals surface area contributed by atoms with Gasteiger partial charge in [0, 0.05) is 15.7 Å². The smallest absolute Gasteiger partial charge is 0.0923 e. The van der Waals surface area contributed by atoms with Gasteiger partial charge in [0.05, 0.1) is 5.69 Å². The largest absolute Gasteiger partial charge is 0.282 e. The van der Waals surface area contributed by atoms with Gasteiger partial charge in [-0.1, -0.05) is 15.9 Å². The molecule has 0 bridgehead atoms. The van der Waals surface area contributed by atoms with Crippen molar-refractivity contribution in [1.82, 2.24) is 10.2 Å². The first kappa shape index (κ1) is 10.4. The topological polar surface area (TPSA) is 28.7 Å². The third-order valence-corrected chi connectivity index (χ3v) is 3.69. The second-order valence-corrected chi connectivity index (χ2v) is 4.65. The van der Waals surface area contributed by atoms with Crippen molar-refractivity contribution in [1.29, 1.82) is 0 Å². The number of H-pyrrole nitrogens is 1. The van der Waals surface area contributed by atoms with Crippen molar-refractivity contribution in [2.75, 3.05) is 0 Å². The summed E-state index contributed by atoms with van der Waals surface area (Å²) in [6.45, 7) is 6.20. The lowest BCUT2D eigenvalue weighted by molar-refractivity contribution is 1.05. The van der Waals surface area contributed by atoms with E-state index < -0.39 is 0 Å². The minimum Gasteiger partial charge on any atom is -0.282 e. The van der Waals surface area contributed by atoms with Crippen molar-refractivity contribution in [3.8, 4) is 11.3 Å². The summed E-state index contributed by atoms with van der Waals surface area (Å²) in [6.07, 6.45) is 0. The molecule has 2 rings (SSSR count). The number of benzene rings is 1. The summed E-state index contributed by atoms with van der Waals surface area (Å²) < 4.78 is 1.18. The summed E-state index contributed by atoms with van der Waals surface area (Å²) in [5.74, 6) is 0. The van der Waals surface area contributed by atoms with Crippen LogP contribution in [0.2, 0.25) is 0 Å². The Hall–Kier alpha value is -1.09. The van der Waals surface area contributed by atoms with E-state index in [1.165, 1.54) is 15.6 Å². The van der Waals surface area contributed by atoms with Crippen LogP contribution in [0.1, 0.15) is 16.8 Å². The summed E-state index contributed by atoms with van der Waals surface area (Å²) >= 11 is 3.56. The first-order valence-electron chi connectivity index (χ1n) is 4.87. The van der Waals surface area contributed by atoms with Gasteiger partial charge in [-0.25, -0.2) is 0 Å². The number of rotatable bonds is 1. The van der Waals surface area contributed by atoms with Crippen LogP contribution in [0.5, 0.6) is 0 Å². The Bertz CT molecular complexity index is 477. The fourth-order valence-corrected chi connectivity index (χ4v) is 1.89. The molecule has 1 aromatic carbocycles. The first-order valence-corrected chi connectivity index (χ1v) is 5.66. The van der Waals surface area contributed by atoms with Gasteiger partial charge in [0.25, 0.3) is 0 Å². The summed E-state index contributed by atoms with van der Waals surface area (Å²) in [4.78, 5) is 0. The number of hydrogen-bond acceptors (Lipinski definition) is 1. The predicted octanol–water partition coefficient (Wildman–Crippen LogP) is 3.76. The lowest BCUT2D eigenvalue weighted by Crippen LogP contribution is -1.85. The van der Waals surface area contributed by atoms with Gasteiger partial charge < -0.3 is 0 Å². The van der Waals surface area contributed by atoms with Gasteiger partial charge in [-0.3, -0.25) is 5.10 Å². The highest BCUT2D eigenvalue weighted by Crippen LogP contribution is 2.27. The van der Waals surface area contributed by atoms with Gasteiger partial charge in [0.1, 0.15) is 0 Å². The molecule has 0 spiro atoms. The first-order chi connectivity index (χ1) is 7.08. The minimum atomic E-state index is 1.01. The number of aromatic nitrogens is 2. The van der Waals surface area contributed by atoms with Crippen LogP contribution in [0.4, 0.5) is 0 Å². The van der Waals surface area contributed by atoms with Crippen LogP contribution in [0.15, 0.2) is 22.7 Å². The molecule has 2 aromatic rings. The Morgan fingerprint density at radius 3 is 2.13 bits per heavy atom. The van der Waals surface area contributed by atoms with Crippen molar-refractivity contribution < 1.29 is 0 Å². The lowest BCUT2D eigenvalue weighted by Gasteiger charge is -2.05. The highest BCUT2D eigenvalue weighted by molar-refractivity contribution is 9.10. The molecule has 1 N–H and O–H groups in total. The number of hydrogen-bond donors (Lipinski definition) is 1. The lowest BCUT2D eigenvalue weighted by atomic mass is 10.1. The second-order valence-electron chi connectivity index (χ2n) is 3.86. The summed E-state index contributed by atoms with van der Waals surface area (Å²) in [6, 6.07) is 6.35. The van der Waals surface area contributed by atoms with Crippen molar-refractivity contribution >= 4 is 15.9 Å². The van der Waals surface area contributed by atoms with Gasteiger partial charge in [-0.15, -0.1) is 0 Å². The van der Waals surface area contributed by atoms with Crippen LogP contribution in [-0.4, -0.2) is 10.2 Å². The predicted molar refractivity (Wildman–Crippen MR) is 65.9 cm³/mol. The Balaban J connectivity index is 2.55.